The molecule has 0 amide bonds. The van der Waals surface area contributed by atoms with Crippen molar-refractivity contribution in [2.24, 2.45) is 0 Å². The molecule has 0 aliphatic rings. The highest BCUT2D eigenvalue weighted by atomic mass is 13.9. The predicted octanol–water partition coefficient (Wildman–Crippen LogP) is 2.26. The Bertz CT molecular complexity index is 420. The van der Waals surface area contributed by atoms with Crippen LogP contribution in [0.3, 0.4) is 0 Å². The molecule has 0 aromatic heterocycles. The molecular weight excluding hydrogens is 179 g/mol. The van der Waals surface area contributed by atoms with E-state index in [1.807, 2.05) is 0 Å². The second kappa shape index (κ2) is 4.83. The highest BCUT2D eigenvalue weighted by molar-refractivity contribution is 6.52. The van der Waals surface area contributed by atoms with Crippen molar-refractivity contribution in [3.63, 3.8) is 0 Å². The van der Waals surface area contributed by atoms with Crippen molar-refractivity contribution in [3.8, 4) is 0 Å². The third-order valence-corrected chi connectivity index (χ3v) is 2.79. The Labute approximate surface area is 92.2 Å². The maximum Gasteiger partial charge on any atom is 0.162 e. The number of aryl methyl sites for hydroxylation is 1. The van der Waals surface area contributed by atoms with Crippen molar-refractivity contribution in [1.29, 1.82) is 0 Å². The first-order valence-electron chi connectivity index (χ1n) is 5.45. The van der Waals surface area contributed by atoms with Gasteiger partial charge in [-0.3, -0.25) is 0 Å². The van der Waals surface area contributed by atoms with E-state index in [1.165, 1.54) is 16.6 Å². The van der Waals surface area contributed by atoms with Gasteiger partial charge in [0.05, 0.1) is 0 Å². The first kappa shape index (κ1) is 10.0. The van der Waals surface area contributed by atoms with E-state index in [0.717, 1.165) is 13.6 Å². The van der Waals surface area contributed by atoms with Crippen LogP contribution in [0.15, 0.2) is 54.6 Å². The Morgan fingerprint density at radius 2 is 1.53 bits per heavy atom. The smallest absolute Gasteiger partial charge is 0.0842 e. The average molecular weight is 194 g/mol. The first-order chi connectivity index (χ1) is 7.36. The summed E-state index contributed by atoms with van der Waals surface area (Å²) in [5.41, 5.74) is 4.27. The van der Waals surface area contributed by atoms with Crippen LogP contribution in [0, 0.1) is 6.92 Å². The minimum Gasteiger partial charge on any atom is -0.0842 e. The number of hydrogen-bond acceptors (Lipinski definition) is 0. The molecule has 0 unspecified atom stereocenters. The molecule has 2 aromatic carbocycles. The molecule has 2 rings (SSSR count). The van der Waals surface area contributed by atoms with Crippen molar-refractivity contribution in [3.05, 3.63) is 65.7 Å². The zero-order valence-electron chi connectivity index (χ0n) is 9.11. The van der Waals surface area contributed by atoms with Crippen LogP contribution < -0.4 is 5.46 Å². The lowest BCUT2D eigenvalue weighted by atomic mass is 9.65. The molecule has 0 bridgehead atoms. The maximum atomic E-state index is 2.22. The van der Waals surface area contributed by atoms with E-state index in [4.69, 9.17) is 0 Å². The molecule has 0 saturated heterocycles. The fourth-order valence-electron chi connectivity index (χ4n) is 1.81. The van der Waals surface area contributed by atoms with Gasteiger partial charge in [-0.15, -0.1) is 0 Å². The summed E-state index contributed by atoms with van der Waals surface area (Å²) in [6, 6.07) is 19.3. The van der Waals surface area contributed by atoms with Crippen LogP contribution >= 0.6 is 0 Å². The standard InChI is InChI=1S/C14H15B/c1-12-7-5-6-8-13(12)11-15-14-9-3-2-4-10-14/h2-10,15H,11H2,1H3. The highest BCUT2D eigenvalue weighted by Gasteiger charge is 1.99. The van der Waals surface area contributed by atoms with E-state index in [0.29, 0.717) is 0 Å². The normalized spacial score (nSPS) is 9.93. The molecule has 0 atom stereocenters. The third kappa shape index (κ3) is 2.72. The van der Waals surface area contributed by atoms with Crippen LogP contribution in [0.25, 0.3) is 0 Å². The summed E-state index contributed by atoms with van der Waals surface area (Å²) in [4.78, 5) is 0. The lowest BCUT2D eigenvalue weighted by molar-refractivity contribution is 1.29. The van der Waals surface area contributed by atoms with E-state index in [1.54, 1.807) is 0 Å². The van der Waals surface area contributed by atoms with Crippen molar-refractivity contribution in [2.75, 3.05) is 0 Å². The van der Waals surface area contributed by atoms with Gasteiger partial charge in [0.1, 0.15) is 0 Å². The zero-order valence-corrected chi connectivity index (χ0v) is 9.11. The molecule has 0 saturated carbocycles. The summed E-state index contributed by atoms with van der Waals surface area (Å²) in [6.07, 6.45) is 1.14. The predicted molar refractivity (Wildman–Crippen MR) is 68.1 cm³/mol. The molecule has 15 heavy (non-hydrogen) atoms. The SMILES string of the molecule is Cc1ccccc1CBc1ccccc1. The molecule has 0 nitrogen and oxygen atoms in total. The van der Waals surface area contributed by atoms with Crippen LogP contribution in [-0.2, 0) is 6.32 Å². The number of rotatable bonds is 3. The van der Waals surface area contributed by atoms with Gasteiger partial charge in [-0.1, -0.05) is 65.6 Å². The van der Waals surface area contributed by atoms with Gasteiger partial charge in [0.25, 0.3) is 0 Å². The quantitative estimate of drug-likeness (QED) is 0.657. The first-order valence-corrected chi connectivity index (χ1v) is 5.45. The Kier molecular flexibility index (Phi) is 3.23. The van der Waals surface area contributed by atoms with Crippen LogP contribution in [0.1, 0.15) is 11.1 Å². The largest absolute Gasteiger partial charge is 0.162 e. The Morgan fingerprint density at radius 1 is 0.867 bits per heavy atom. The Balaban J connectivity index is 2.03. The van der Waals surface area contributed by atoms with Crippen molar-refractivity contribution in [2.45, 2.75) is 13.2 Å². The second-order valence-electron chi connectivity index (χ2n) is 3.91. The summed E-state index contributed by atoms with van der Waals surface area (Å²) >= 11 is 0. The average Bonchev–Trinajstić information content (AvgIpc) is 2.29. The monoisotopic (exact) mass is 194 g/mol. The Hall–Kier alpha value is -1.50. The van der Waals surface area contributed by atoms with E-state index < -0.39 is 0 Å². The van der Waals surface area contributed by atoms with Gasteiger partial charge in [-0.2, -0.15) is 0 Å². The van der Waals surface area contributed by atoms with Crippen LogP contribution in [-0.4, -0.2) is 7.28 Å². The van der Waals surface area contributed by atoms with Crippen molar-refractivity contribution >= 4 is 12.7 Å². The van der Waals surface area contributed by atoms with E-state index in [9.17, 15) is 0 Å². The lowest BCUT2D eigenvalue weighted by Crippen LogP contribution is -2.16. The van der Waals surface area contributed by atoms with Gasteiger partial charge in [-0.05, 0) is 18.8 Å². The summed E-state index contributed by atoms with van der Waals surface area (Å²) in [6.45, 7) is 2.18. The van der Waals surface area contributed by atoms with E-state index >= 15 is 0 Å². The minimum atomic E-state index is 1.13. The summed E-state index contributed by atoms with van der Waals surface area (Å²) in [7, 11) is 1.13. The molecule has 0 heterocycles. The highest BCUT2D eigenvalue weighted by Crippen LogP contribution is 2.06. The molecule has 2 aromatic rings. The van der Waals surface area contributed by atoms with Gasteiger partial charge >= 0.3 is 0 Å². The molecular formula is C14H15B. The van der Waals surface area contributed by atoms with Crippen LogP contribution in [0.5, 0.6) is 0 Å². The van der Waals surface area contributed by atoms with Gasteiger partial charge < -0.3 is 0 Å². The molecule has 0 radical (unpaired) electrons. The van der Waals surface area contributed by atoms with Gasteiger partial charge in [-0.25, -0.2) is 0 Å². The zero-order chi connectivity index (χ0) is 10.5. The van der Waals surface area contributed by atoms with Crippen molar-refractivity contribution < 1.29 is 0 Å². The summed E-state index contributed by atoms with van der Waals surface area (Å²) in [5, 5.41) is 0. The molecule has 0 spiro atoms. The molecule has 0 aliphatic carbocycles. The molecule has 0 N–H and O–H groups in total. The maximum absolute atomic E-state index is 2.22. The Morgan fingerprint density at radius 3 is 2.27 bits per heavy atom. The van der Waals surface area contributed by atoms with Crippen LogP contribution in [0.2, 0.25) is 0 Å². The van der Waals surface area contributed by atoms with Gasteiger partial charge in [0.15, 0.2) is 7.28 Å². The fourth-order valence-corrected chi connectivity index (χ4v) is 1.81. The molecule has 0 aliphatic heterocycles. The van der Waals surface area contributed by atoms with E-state index in [-0.39, 0.29) is 0 Å². The van der Waals surface area contributed by atoms with Crippen LogP contribution in [0.4, 0.5) is 0 Å². The number of hydrogen-bond donors (Lipinski definition) is 0. The van der Waals surface area contributed by atoms with E-state index in [2.05, 4.69) is 61.5 Å². The lowest BCUT2D eigenvalue weighted by Gasteiger charge is -2.03. The number of benzene rings is 2. The molecule has 1 heteroatoms. The third-order valence-electron chi connectivity index (χ3n) is 2.79. The van der Waals surface area contributed by atoms with Crippen molar-refractivity contribution in [1.82, 2.24) is 0 Å². The molecule has 0 fully saturated rings. The van der Waals surface area contributed by atoms with Gasteiger partial charge in [0.2, 0.25) is 0 Å². The summed E-state index contributed by atoms with van der Waals surface area (Å²) in [5.74, 6) is 0. The topological polar surface area (TPSA) is 0 Å². The second-order valence-corrected chi connectivity index (χ2v) is 3.91. The molecule has 74 valence electrons. The fraction of sp³-hybridized carbons (Fsp3) is 0.143. The minimum absolute atomic E-state index is 1.13. The van der Waals surface area contributed by atoms with Gasteiger partial charge in [0, 0.05) is 0 Å². The summed E-state index contributed by atoms with van der Waals surface area (Å²) < 4.78 is 0.